The predicted molar refractivity (Wildman–Crippen MR) is 296 cm³/mol. The number of ketones is 2. The fourth-order valence-electron chi connectivity index (χ4n) is 7.73. The topological polar surface area (TPSA) is 216 Å². The lowest BCUT2D eigenvalue weighted by Gasteiger charge is -2.27. The number of fused-ring (bicyclic) bond motifs is 2. The number of aryl methyl sites for hydroxylation is 2. The smallest absolute Gasteiger partial charge is 0.475 e. The van der Waals surface area contributed by atoms with Crippen LogP contribution in [0, 0.1) is 18.2 Å². The minimum Gasteiger partial charge on any atom is -0.487 e. The summed E-state index contributed by atoms with van der Waals surface area (Å²) in [7, 11) is -4.38. The highest BCUT2D eigenvalue weighted by molar-refractivity contribution is 9.10. The quantitative estimate of drug-likeness (QED) is 0.0194. The van der Waals surface area contributed by atoms with Crippen LogP contribution in [0.4, 0.5) is 10.2 Å². The molecule has 1 aliphatic carbocycles. The highest BCUT2D eigenvalue weighted by atomic mass is 79.9. The molecule has 2 amide bonds. The Bertz CT molecular complexity index is 4030. The maximum Gasteiger partial charge on any atom is 0.475 e. The zero-order valence-corrected chi connectivity index (χ0v) is 47.4. The van der Waals surface area contributed by atoms with Gasteiger partial charge in [-0.2, -0.15) is 5.10 Å². The van der Waals surface area contributed by atoms with E-state index in [2.05, 4.69) is 174 Å². The van der Waals surface area contributed by atoms with Gasteiger partial charge in [0.1, 0.15) is 65.9 Å². The molecule has 0 radical (unpaired) electrons. The number of carbonyl (C=O) groups is 4. The second-order valence-electron chi connectivity index (χ2n) is 17.7. The first kappa shape index (κ1) is 61.5. The van der Waals surface area contributed by atoms with Gasteiger partial charge in [-0.05, 0) is 175 Å². The van der Waals surface area contributed by atoms with Crippen LogP contribution in [-0.2, 0) is 55.0 Å². The van der Waals surface area contributed by atoms with Gasteiger partial charge in [0.2, 0.25) is 11.8 Å². The number of carbonyl (C=O) groups excluding carboxylic acids is 4. The number of hydrogen-bond acceptors (Lipinski definition) is 15. The van der Waals surface area contributed by atoms with E-state index in [1.54, 1.807) is 31.7 Å². The molecular formula is C61H47BrFN8O10P. The predicted octanol–water partition coefficient (Wildman–Crippen LogP) is 9.58. The van der Waals surface area contributed by atoms with Crippen LogP contribution in [0.2, 0.25) is 0 Å². The summed E-state index contributed by atoms with van der Waals surface area (Å²) < 4.78 is 56.6. The van der Waals surface area contributed by atoms with Crippen molar-refractivity contribution in [2.45, 2.75) is 78.9 Å². The van der Waals surface area contributed by atoms with Gasteiger partial charge in [0.25, 0.3) is 0 Å². The molecule has 2 fully saturated rings. The van der Waals surface area contributed by atoms with Crippen LogP contribution in [0.1, 0.15) is 68.8 Å². The van der Waals surface area contributed by atoms with Gasteiger partial charge in [-0.15, -0.1) is 0 Å². The van der Waals surface area contributed by atoms with E-state index in [0.29, 0.717) is 40.0 Å². The largest absolute Gasteiger partial charge is 0.487 e. The molecule has 1 aliphatic heterocycles. The zero-order valence-electron chi connectivity index (χ0n) is 44.9. The van der Waals surface area contributed by atoms with Crippen molar-refractivity contribution in [1.82, 2.24) is 34.6 Å². The van der Waals surface area contributed by atoms with E-state index in [4.69, 9.17) is 23.0 Å². The van der Waals surface area contributed by atoms with Crippen LogP contribution < -0.4 is 5.32 Å². The second-order valence-corrected chi connectivity index (χ2v) is 20.1. The highest BCUT2D eigenvalue weighted by Crippen LogP contribution is 2.59. The van der Waals surface area contributed by atoms with Gasteiger partial charge in [0.05, 0.1) is 30.6 Å². The van der Waals surface area contributed by atoms with E-state index in [1.807, 2.05) is 6.92 Å². The van der Waals surface area contributed by atoms with Crippen molar-refractivity contribution >= 4 is 63.9 Å². The molecule has 0 spiro atoms. The maximum absolute atomic E-state index is 14.1. The lowest BCUT2D eigenvalue weighted by atomic mass is 10.0. The zero-order chi connectivity index (χ0) is 59.1. The van der Waals surface area contributed by atoms with Crippen molar-refractivity contribution in [1.29, 1.82) is 0 Å². The average molecular weight is 1180 g/mol. The summed E-state index contributed by atoms with van der Waals surface area (Å²) in [4.78, 5) is 72.9. The number of aromatic nitrogens is 6. The minimum atomic E-state index is -4.38. The summed E-state index contributed by atoms with van der Waals surface area (Å²) >= 11 is 3.06. The molecule has 410 valence electrons. The number of hydrogen-bond donors (Lipinski definition) is 1. The molecule has 3 atom stereocenters. The molecule has 4 aromatic heterocycles. The van der Waals surface area contributed by atoms with Crippen LogP contribution in [0.3, 0.4) is 0 Å². The summed E-state index contributed by atoms with van der Waals surface area (Å²) in [6, 6.07) is 1.90. The molecule has 1 saturated carbocycles. The lowest BCUT2D eigenvalue weighted by Crippen LogP contribution is -2.47. The van der Waals surface area contributed by atoms with Crippen molar-refractivity contribution in [3.05, 3.63) is 198 Å². The van der Waals surface area contributed by atoms with Crippen molar-refractivity contribution in [3.63, 3.8) is 0 Å². The van der Waals surface area contributed by atoms with Gasteiger partial charge in [-0.3, -0.25) is 42.4 Å². The monoisotopic (exact) mass is 1180 g/mol. The summed E-state index contributed by atoms with van der Waals surface area (Å²) in [5, 5.41) is 7.71. The SMILES string of the molecule is C=C=C=C=C=C=C=C=C=C=C=C(C)OCCOP(=O)(OCCOC(C)=C=C=C=C=C=C=C=C=C=C=C)OCC(=O)CCc1ncc(-c2cc3c(C(C)=O)nn(CC(=O)N4[C@H](C(=O)Nc5nc(Br)c(F)cc5C)C[C@@]5(C)C[C@@H]45)c3cn2)cn1. The number of piperidine rings is 1. The number of phosphoric ester groups is 1. The maximum atomic E-state index is 14.1. The first-order valence-electron chi connectivity index (χ1n) is 24.6. The number of rotatable bonds is 22. The Balaban J connectivity index is 1.08. The molecule has 0 bridgehead atoms. The van der Waals surface area contributed by atoms with Crippen LogP contribution in [0.25, 0.3) is 22.2 Å². The number of nitrogens with zero attached hydrogens (tertiary/aromatic N) is 7. The second kappa shape index (κ2) is 30.1. The molecule has 18 nitrogen and oxygen atoms in total. The van der Waals surface area contributed by atoms with Gasteiger partial charge < -0.3 is 19.7 Å². The Morgan fingerprint density at radius 2 is 1.34 bits per heavy atom. The Morgan fingerprint density at radius 3 is 1.90 bits per heavy atom. The Hall–Kier alpha value is -9.67. The Morgan fingerprint density at radius 1 is 0.780 bits per heavy atom. The van der Waals surface area contributed by atoms with E-state index in [9.17, 15) is 28.1 Å². The molecular weight excluding hydrogens is 1130 g/mol. The summed E-state index contributed by atoms with van der Waals surface area (Å²) in [6.45, 7) is 13.1. The number of likely N-dealkylation sites (tertiary alicyclic amines) is 1. The third-order valence-electron chi connectivity index (χ3n) is 11.7. The van der Waals surface area contributed by atoms with Gasteiger partial charge in [-0.1, -0.05) is 18.4 Å². The van der Waals surface area contributed by atoms with Crippen LogP contribution >= 0.6 is 23.8 Å². The van der Waals surface area contributed by atoms with Crippen molar-refractivity contribution in [3.8, 4) is 11.3 Å². The molecule has 0 unspecified atom stereocenters. The lowest BCUT2D eigenvalue weighted by molar-refractivity contribution is -0.138. The highest BCUT2D eigenvalue weighted by Gasteiger charge is 2.64. The van der Waals surface area contributed by atoms with Gasteiger partial charge >= 0.3 is 7.82 Å². The van der Waals surface area contributed by atoms with E-state index in [0.717, 1.165) is 6.42 Å². The van der Waals surface area contributed by atoms with Crippen LogP contribution in [0.5, 0.6) is 0 Å². The third-order valence-corrected chi connectivity index (χ3v) is 13.7. The Labute approximate surface area is 478 Å². The number of anilines is 1. The van der Waals surface area contributed by atoms with E-state index in [-0.39, 0.29) is 96.6 Å². The molecule has 1 N–H and O–H groups in total. The summed E-state index contributed by atoms with van der Waals surface area (Å²) in [5.41, 5.74) is 51.8. The molecule has 2 aliphatic rings. The fourth-order valence-corrected chi connectivity index (χ4v) is 9.14. The van der Waals surface area contributed by atoms with Crippen LogP contribution in [0.15, 0.2) is 175 Å². The third kappa shape index (κ3) is 18.2. The molecule has 6 rings (SSSR count). The van der Waals surface area contributed by atoms with E-state index >= 15 is 0 Å². The summed E-state index contributed by atoms with van der Waals surface area (Å²) in [6.07, 6.45) is 5.62. The number of allylic oxidation sites excluding steroid dienone is 2. The number of halogens is 2. The normalized spacial score (nSPS) is 15.2. The summed E-state index contributed by atoms with van der Waals surface area (Å²) in [5.74, 6) is -1.20. The van der Waals surface area contributed by atoms with E-state index in [1.165, 1.54) is 36.3 Å². The molecule has 1 saturated heterocycles. The number of ether oxygens (including phenoxy) is 2. The standard InChI is InChI=1S/C61H47BrFN8O10P/c1-8-10-12-14-16-18-20-22-24-26-44(4)77-30-32-79-82(76,80-33-31-78-45(5)27-25-23-21-19-17-15-13-11-9-2)81-42-48(73)28-29-55-65-38-47(39-66-55)51-35-49-53(40-64-51)70(69-57(49)46(6)72)41-56(74)71-52(36-61(7)37-54(61)71)60(75)68-59-43(3)34-50(63)58(62)67-59/h34-35,38-40,52,54H,1-2,28-33,36-37,41-42H2,3-7H3,(H,67,68,75)/t52-,54+,61-/m0/s1. The molecule has 4 aromatic rings. The first-order chi connectivity index (χ1) is 39.4. The number of nitrogens with one attached hydrogen (secondary N) is 1. The van der Waals surface area contributed by atoms with E-state index < -0.39 is 38.0 Å². The van der Waals surface area contributed by atoms with Crippen molar-refractivity contribution < 1.29 is 51.2 Å². The number of phosphoric acid groups is 1. The van der Waals surface area contributed by atoms with Gasteiger partial charge in [-0.25, -0.2) is 23.9 Å². The molecule has 21 heteroatoms. The van der Waals surface area contributed by atoms with Gasteiger partial charge in [0, 0.05) is 63.0 Å². The van der Waals surface area contributed by atoms with Crippen LogP contribution in [-0.4, -0.2) is 103 Å². The number of pyridine rings is 2. The Kier molecular flexibility index (Phi) is 22.6. The molecule has 82 heavy (non-hydrogen) atoms. The van der Waals surface area contributed by atoms with Crippen molar-refractivity contribution in [2.24, 2.45) is 5.41 Å². The fraction of sp³-hybridized carbons (Fsp3) is 0.295. The number of Topliss-reactive ketones (excluding diaryl/α,β-unsaturated/α-hetero) is 2. The first-order valence-corrected chi connectivity index (χ1v) is 26.9. The van der Waals surface area contributed by atoms with Gasteiger partial charge in [0.15, 0.2) is 17.4 Å². The molecule has 5 heterocycles. The minimum absolute atomic E-state index is 0.0539. The average Bonchev–Trinajstić information content (AvgIpc) is 2.10. The number of amides is 2. The molecule has 0 aromatic carbocycles. The van der Waals surface area contributed by atoms with Crippen molar-refractivity contribution in [2.75, 3.05) is 38.4 Å².